The van der Waals surface area contributed by atoms with Gasteiger partial charge in [0.2, 0.25) is 0 Å². The number of carboxylic acid groups (broad SMARTS) is 1. The van der Waals surface area contributed by atoms with Crippen LogP contribution in [-0.2, 0) is 18.4 Å². The number of aryl methyl sites for hydroxylation is 2. The number of halogens is 1. The Morgan fingerprint density at radius 2 is 2.30 bits per heavy atom. The summed E-state index contributed by atoms with van der Waals surface area (Å²) in [6.07, 6.45) is 3.37. The van der Waals surface area contributed by atoms with Gasteiger partial charge in [0.05, 0.1) is 15.9 Å². The number of nitrogens with zero attached hydrogens (tertiary/aromatic N) is 3. The quantitative estimate of drug-likeness (QED) is 0.892. The fraction of sp³-hybridized carbons (Fsp3) is 0.714. The Morgan fingerprint density at radius 3 is 2.90 bits per heavy atom. The highest BCUT2D eigenvalue weighted by molar-refractivity contribution is 9.10. The molecule has 1 N–H and O–H groups in total. The predicted molar refractivity (Wildman–Crippen MR) is 80.5 cm³/mol. The molecule has 0 radical (unpaired) electrons. The first-order chi connectivity index (χ1) is 9.47. The monoisotopic (exact) mass is 343 g/mol. The van der Waals surface area contributed by atoms with Gasteiger partial charge in [-0.1, -0.05) is 0 Å². The zero-order chi connectivity index (χ0) is 14.7. The Labute approximate surface area is 128 Å². The van der Waals surface area contributed by atoms with E-state index in [-0.39, 0.29) is 6.42 Å². The summed E-state index contributed by atoms with van der Waals surface area (Å²) in [6.45, 7) is 4.95. The van der Waals surface area contributed by atoms with Crippen LogP contribution in [0, 0.1) is 12.8 Å². The molecule has 5 nitrogen and oxygen atoms in total. The van der Waals surface area contributed by atoms with E-state index in [4.69, 9.17) is 5.11 Å². The number of aliphatic carboxylic acids is 1. The molecule has 0 bridgehead atoms. The largest absolute Gasteiger partial charge is 0.481 e. The fourth-order valence-electron chi connectivity index (χ4n) is 2.92. The summed E-state index contributed by atoms with van der Waals surface area (Å²) in [4.78, 5) is 13.1. The summed E-state index contributed by atoms with van der Waals surface area (Å²) < 4.78 is 3.02. The van der Waals surface area contributed by atoms with Crippen molar-refractivity contribution in [2.45, 2.75) is 39.2 Å². The molecule has 1 aliphatic rings. The number of rotatable bonds is 5. The van der Waals surface area contributed by atoms with E-state index in [0.29, 0.717) is 5.92 Å². The van der Waals surface area contributed by atoms with Crippen molar-refractivity contribution in [3.63, 3.8) is 0 Å². The molecule has 0 aromatic carbocycles. The first kappa shape index (κ1) is 15.5. The molecule has 1 saturated heterocycles. The van der Waals surface area contributed by atoms with Crippen LogP contribution < -0.4 is 0 Å². The number of hydrogen-bond acceptors (Lipinski definition) is 3. The molecule has 6 heteroatoms. The van der Waals surface area contributed by atoms with Crippen LogP contribution in [0.2, 0.25) is 0 Å². The Bertz CT molecular complexity index is 487. The van der Waals surface area contributed by atoms with Crippen LogP contribution in [0.4, 0.5) is 0 Å². The molecule has 0 aliphatic carbocycles. The zero-order valence-electron chi connectivity index (χ0n) is 12.1. The van der Waals surface area contributed by atoms with E-state index in [1.54, 1.807) is 0 Å². The molecule has 0 spiro atoms. The lowest BCUT2D eigenvalue weighted by Gasteiger charge is -2.32. The van der Waals surface area contributed by atoms with E-state index >= 15 is 0 Å². The van der Waals surface area contributed by atoms with Crippen molar-refractivity contribution in [3.8, 4) is 0 Å². The van der Waals surface area contributed by atoms with Crippen molar-refractivity contribution in [1.29, 1.82) is 0 Å². The topological polar surface area (TPSA) is 58.4 Å². The fourth-order valence-corrected chi connectivity index (χ4v) is 3.38. The van der Waals surface area contributed by atoms with E-state index in [0.717, 1.165) is 49.1 Å². The number of hydrogen-bond donors (Lipinski definition) is 1. The summed E-state index contributed by atoms with van der Waals surface area (Å²) in [7, 11) is 1.97. The smallest absolute Gasteiger partial charge is 0.303 e. The molecule has 1 aromatic rings. The highest BCUT2D eigenvalue weighted by Gasteiger charge is 2.22. The Morgan fingerprint density at radius 1 is 1.55 bits per heavy atom. The van der Waals surface area contributed by atoms with Crippen molar-refractivity contribution in [1.82, 2.24) is 14.7 Å². The molecular formula is C14H22BrN3O2. The third-order valence-corrected chi connectivity index (χ3v) is 5.04. The van der Waals surface area contributed by atoms with Gasteiger partial charge in [0.15, 0.2) is 0 Å². The Balaban J connectivity index is 1.94. The van der Waals surface area contributed by atoms with Crippen LogP contribution in [-0.4, -0.2) is 38.8 Å². The van der Waals surface area contributed by atoms with Crippen LogP contribution >= 0.6 is 15.9 Å². The third-order valence-electron chi connectivity index (χ3n) is 4.00. The molecule has 1 aliphatic heterocycles. The van der Waals surface area contributed by atoms with Crippen molar-refractivity contribution in [2.75, 3.05) is 13.1 Å². The van der Waals surface area contributed by atoms with Gasteiger partial charge in [0.1, 0.15) is 0 Å². The maximum absolute atomic E-state index is 10.7. The van der Waals surface area contributed by atoms with E-state index in [1.807, 2.05) is 18.7 Å². The SMILES string of the molecule is Cc1nn(C)c(CN2CCCC(CCC(=O)O)C2)c1Br. The molecular weight excluding hydrogens is 322 g/mol. The lowest BCUT2D eigenvalue weighted by Crippen LogP contribution is -2.35. The minimum absolute atomic E-state index is 0.285. The number of piperidine rings is 1. The van der Waals surface area contributed by atoms with Crippen molar-refractivity contribution in [2.24, 2.45) is 13.0 Å². The van der Waals surface area contributed by atoms with Crippen LogP contribution in [0.25, 0.3) is 0 Å². The molecule has 0 amide bonds. The molecule has 2 rings (SSSR count). The minimum atomic E-state index is -0.688. The second-order valence-electron chi connectivity index (χ2n) is 5.65. The average Bonchev–Trinajstić information content (AvgIpc) is 2.64. The van der Waals surface area contributed by atoms with Crippen molar-refractivity contribution >= 4 is 21.9 Å². The maximum atomic E-state index is 10.7. The Kier molecular flexibility index (Phi) is 5.21. The van der Waals surface area contributed by atoms with Gasteiger partial charge in [0.25, 0.3) is 0 Å². The summed E-state index contributed by atoms with van der Waals surface area (Å²) in [5.41, 5.74) is 2.21. The van der Waals surface area contributed by atoms with Gasteiger partial charge < -0.3 is 5.11 Å². The van der Waals surface area contributed by atoms with E-state index in [1.165, 1.54) is 5.69 Å². The van der Waals surface area contributed by atoms with Crippen LogP contribution in [0.15, 0.2) is 4.47 Å². The lowest BCUT2D eigenvalue weighted by atomic mass is 9.93. The standard InChI is InChI=1S/C14H22BrN3O2/c1-10-14(15)12(17(2)16-10)9-18-7-3-4-11(8-18)5-6-13(19)20/h11H,3-9H2,1-2H3,(H,19,20). The van der Waals surface area contributed by atoms with Crippen LogP contribution in [0.3, 0.4) is 0 Å². The highest BCUT2D eigenvalue weighted by atomic mass is 79.9. The van der Waals surface area contributed by atoms with Gasteiger partial charge in [-0.15, -0.1) is 0 Å². The summed E-state index contributed by atoms with van der Waals surface area (Å²) in [5, 5.41) is 13.2. The van der Waals surface area contributed by atoms with Gasteiger partial charge >= 0.3 is 5.97 Å². The van der Waals surface area contributed by atoms with Gasteiger partial charge in [-0.3, -0.25) is 14.4 Å². The number of carbonyl (C=O) groups is 1. The minimum Gasteiger partial charge on any atom is -0.481 e. The molecule has 1 aromatic heterocycles. The number of aromatic nitrogens is 2. The van der Waals surface area contributed by atoms with Gasteiger partial charge in [-0.2, -0.15) is 5.10 Å². The summed E-state index contributed by atoms with van der Waals surface area (Å²) >= 11 is 3.61. The lowest BCUT2D eigenvalue weighted by molar-refractivity contribution is -0.137. The first-order valence-corrected chi connectivity index (χ1v) is 7.88. The van der Waals surface area contributed by atoms with Crippen LogP contribution in [0.5, 0.6) is 0 Å². The second-order valence-corrected chi connectivity index (χ2v) is 6.44. The summed E-state index contributed by atoms with van der Waals surface area (Å²) in [6, 6.07) is 0. The van der Waals surface area contributed by atoms with Gasteiger partial charge in [-0.25, -0.2) is 0 Å². The first-order valence-electron chi connectivity index (χ1n) is 7.09. The van der Waals surface area contributed by atoms with Gasteiger partial charge in [-0.05, 0) is 54.6 Å². The van der Waals surface area contributed by atoms with E-state index < -0.39 is 5.97 Å². The third kappa shape index (κ3) is 3.82. The molecule has 112 valence electrons. The molecule has 1 unspecified atom stereocenters. The molecule has 1 atom stereocenters. The number of likely N-dealkylation sites (tertiary alicyclic amines) is 1. The van der Waals surface area contributed by atoms with Gasteiger partial charge in [0, 0.05) is 26.6 Å². The number of carboxylic acids is 1. The van der Waals surface area contributed by atoms with E-state index in [2.05, 4.69) is 25.9 Å². The molecule has 1 fully saturated rings. The average molecular weight is 344 g/mol. The van der Waals surface area contributed by atoms with Crippen molar-refractivity contribution < 1.29 is 9.90 Å². The van der Waals surface area contributed by atoms with E-state index in [9.17, 15) is 4.79 Å². The second kappa shape index (κ2) is 6.72. The zero-order valence-corrected chi connectivity index (χ0v) is 13.7. The van der Waals surface area contributed by atoms with Crippen molar-refractivity contribution in [3.05, 3.63) is 15.9 Å². The maximum Gasteiger partial charge on any atom is 0.303 e. The summed E-state index contributed by atoms with van der Waals surface area (Å²) in [5.74, 6) is -0.180. The van der Waals surface area contributed by atoms with Crippen LogP contribution in [0.1, 0.15) is 37.1 Å². The molecule has 20 heavy (non-hydrogen) atoms. The highest BCUT2D eigenvalue weighted by Crippen LogP contribution is 2.26. The molecule has 0 saturated carbocycles. The predicted octanol–water partition coefficient (Wildman–Crippen LogP) is 2.57. The normalized spacial score (nSPS) is 20.2. The Hall–Kier alpha value is -0.880. The molecule has 2 heterocycles.